The number of nitrogens with one attached hydrogen (secondary N) is 1. The van der Waals surface area contributed by atoms with E-state index in [2.05, 4.69) is 11.9 Å². The standard InChI is InChI=1S/C16H21NO5S.C2H6/c1-3-15(18)21-10-9-17-16(19)22-13(11-20-2)12-23-14-7-5-4-6-8-14;1-2/h3-8,13H,1,9-12H2,2H3,(H,17,19);1-2H3. The molecule has 0 fully saturated rings. The second kappa shape index (κ2) is 15.5. The molecule has 1 atom stereocenters. The number of benzene rings is 1. The summed E-state index contributed by atoms with van der Waals surface area (Å²) in [7, 11) is 1.55. The Morgan fingerprint density at radius 1 is 1.28 bits per heavy atom. The Hall–Kier alpha value is -1.99. The number of ether oxygens (including phenoxy) is 3. The highest BCUT2D eigenvalue weighted by Gasteiger charge is 2.14. The number of hydrogen-bond acceptors (Lipinski definition) is 6. The largest absolute Gasteiger partial charge is 0.461 e. The number of methoxy groups -OCH3 is 1. The minimum absolute atomic E-state index is 0.0632. The molecule has 0 radical (unpaired) electrons. The Balaban J connectivity index is 0.00000277. The minimum Gasteiger partial charge on any atom is -0.461 e. The summed E-state index contributed by atoms with van der Waals surface area (Å²) in [5.41, 5.74) is 0. The van der Waals surface area contributed by atoms with Crippen LogP contribution < -0.4 is 5.32 Å². The molecule has 0 aliphatic carbocycles. The van der Waals surface area contributed by atoms with E-state index in [-0.39, 0.29) is 19.3 Å². The summed E-state index contributed by atoms with van der Waals surface area (Å²) in [5.74, 6) is 0.0492. The number of amides is 1. The van der Waals surface area contributed by atoms with Gasteiger partial charge in [0.25, 0.3) is 0 Å². The van der Waals surface area contributed by atoms with Gasteiger partial charge in [-0.3, -0.25) is 0 Å². The van der Waals surface area contributed by atoms with Gasteiger partial charge < -0.3 is 19.5 Å². The second-order valence-electron chi connectivity index (χ2n) is 4.41. The first-order valence-corrected chi connectivity index (χ1v) is 9.04. The van der Waals surface area contributed by atoms with Crippen LogP contribution in [0.3, 0.4) is 0 Å². The topological polar surface area (TPSA) is 73.9 Å². The van der Waals surface area contributed by atoms with Crippen LogP contribution in [0, 0.1) is 0 Å². The lowest BCUT2D eigenvalue weighted by atomic mass is 10.4. The molecule has 25 heavy (non-hydrogen) atoms. The lowest BCUT2D eigenvalue weighted by Crippen LogP contribution is -2.34. The van der Waals surface area contributed by atoms with Gasteiger partial charge in [-0.15, -0.1) is 11.8 Å². The average Bonchev–Trinajstić information content (AvgIpc) is 2.65. The lowest BCUT2D eigenvalue weighted by molar-refractivity contribution is -0.137. The van der Waals surface area contributed by atoms with Crippen molar-refractivity contribution in [3.8, 4) is 0 Å². The summed E-state index contributed by atoms with van der Waals surface area (Å²) in [6, 6.07) is 9.82. The Bertz CT molecular complexity index is 495. The first-order chi connectivity index (χ1) is 12.2. The summed E-state index contributed by atoms with van der Waals surface area (Å²) in [6.45, 7) is 7.81. The van der Waals surface area contributed by atoms with Gasteiger partial charge in [0, 0.05) is 23.8 Å². The molecule has 140 valence electrons. The first kappa shape index (κ1) is 23.0. The fourth-order valence-electron chi connectivity index (χ4n) is 1.56. The van der Waals surface area contributed by atoms with Gasteiger partial charge in [0.05, 0.1) is 13.2 Å². The normalized spacial score (nSPS) is 10.7. The summed E-state index contributed by atoms with van der Waals surface area (Å²) in [5, 5.41) is 2.51. The highest BCUT2D eigenvalue weighted by molar-refractivity contribution is 7.99. The second-order valence-corrected chi connectivity index (χ2v) is 5.50. The molecule has 0 saturated carbocycles. The molecule has 1 aromatic carbocycles. The molecular formula is C18H27NO5S. The predicted molar refractivity (Wildman–Crippen MR) is 99.8 cm³/mol. The smallest absolute Gasteiger partial charge is 0.407 e. The molecule has 0 heterocycles. The van der Waals surface area contributed by atoms with Gasteiger partial charge in [-0.2, -0.15) is 0 Å². The van der Waals surface area contributed by atoms with Crippen LogP contribution in [0.25, 0.3) is 0 Å². The van der Waals surface area contributed by atoms with E-state index in [1.54, 1.807) is 18.9 Å². The zero-order valence-electron chi connectivity index (χ0n) is 15.0. The van der Waals surface area contributed by atoms with Crippen molar-refractivity contribution >= 4 is 23.8 Å². The van der Waals surface area contributed by atoms with Gasteiger partial charge in [-0.1, -0.05) is 38.6 Å². The number of hydrogen-bond donors (Lipinski definition) is 1. The van der Waals surface area contributed by atoms with Crippen molar-refractivity contribution in [3.63, 3.8) is 0 Å². The fourth-order valence-corrected chi connectivity index (χ4v) is 2.46. The van der Waals surface area contributed by atoms with Crippen LogP contribution in [0.4, 0.5) is 4.79 Å². The molecular weight excluding hydrogens is 342 g/mol. The van der Waals surface area contributed by atoms with Crippen LogP contribution in [0.5, 0.6) is 0 Å². The molecule has 0 bridgehead atoms. The van der Waals surface area contributed by atoms with Gasteiger partial charge in [0.15, 0.2) is 0 Å². The van der Waals surface area contributed by atoms with Gasteiger partial charge in [-0.25, -0.2) is 9.59 Å². The van der Waals surface area contributed by atoms with E-state index in [1.807, 2.05) is 44.2 Å². The van der Waals surface area contributed by atoms with E-state index in [0.29, 0.717) is 12.4 Å². The van der Waals surface area contributed by atoms with Gasteiger partial charge in [-0.05, 0) is 12.1 Å². The Kier molecular flexibility index (Phi) is 14.3. The van der Waals surface area contributed by atoms with E-state index < -0.39 is 12.1 Å². The van der Waals surface area contributed by atoms with Crippen LogP contribution in [-0.2, 0) is 19.0 Å². The van der Waals surface area contributed by atoms with E-state index in [0.717, 1.165) is 11.0 Å². The number of rotatable bonds is 10. The molecule has 1 aromatic rings. The zero-order chi connectivity index (χ0) is 18.9. The molecule has 0 aromatic heterocycles. The molecule has 6 nitrogen and oxygen atoms in total. The first-order valence-electron chi connectivity index (χ1n) is 8.06. The van der Waals surface area contributed by atoms with E-state index in [4.69, 9.17) is 14.2 Å². The minimum atomic E-state index is -0.574. The maximum Gasteiger partial charge on any atom is 0.407 e. The number of carbonyl (C=O) groups excluding carboxylic acids is 2. The zero-order valence-corrected chi connectivity index (χ0v) is 15.8. The summed E-state index contributed by atoms with van der Waals surface area (Å²) in [6.07, 6.45) is 0.115. The molecule has 0 aliphatic heterocycles. The number of thioether (sulfide) groups is 1. The SMILES string of the molecule is C=CC(=O)OCCNC(=O)OC(COC)CSc1ccccc1.CC. The van der Waals surface area contributed by atoms with Crippen molar-refractivity contribution in [2.45, 2.75) is 24.8 Å². The van der Waals surface area contributed by atoms with Crippen molar-refractivity contribution in [1.29, 1.82) is 0 Å². The third kappa shape index (κ3) is 12.1. The third-order valence-corrected chi connectivity index (χ3v) is 3.73. The van der Waals surface area contributed by atoms with Gasteiger partial charge >= 0.3 is 12.1 Å². The summed E-state index contributed by atoms with van der Waals surface area (Å²) < 4.78 is 15.1. The highest BCUT2D eigenvalue weighted by atomic mass is 32.2. The maximum atomic E-state index is 11.7. The molecule has 1 rings (SSSR count). The molecule has 1 N–H and O–H groups in total. The molecule has 0 aliphatic rings. The number of carbonyl (C=O) groups is 2. The van der Waals surface area contributed by atoms with Crippen LogP contribution in [0.15, 0.2) is 47.9 Å². The maximum absolute atomic E-state index is 11.7. The van der Waals surface area contributed by atoms with Crippen LogP contribution in [0.2, 0.25) is 0 Å². The van der Waals surface area contributed by atoms with Crippen molar-refractivity contribution in [1.82, 2.24) is 5.32 Å². The molecule has 0 saturated heterocycles. The van der Waals surface area contributed by atoms with Crippen LogP contribution in [0.1, 0.15) is 13.8 Å². The monoisotopic (exact) mass is 369 g/mol. The van der Waals surface area contributed by atoms with Gasteiger partial charge in [0.2, 0.25) is 0 Å². The Morgan fingerprint density at radius 2 is 1.96 bits per heavy atom. The predicted octanol–water partition coefficient (Wildman–Crippen LogP) is 3.28. The fraction of sp³-hybridized carbons (Fsp3) is 0.444. The van der Waals surface area contributed by atoms with Crippen molar-refractivity contribution in [2.24, 2.45) is 0 Å². The van der Waals surface area contributed by atoms with Crippen LogP contribution in [-0.4, -0.2) is 50.8 Å². The highest BCUT2D eigenvalue weighted by Crippen LogP contribution is 2.19. The van der Waals surface area contributed by atoms with Crippen molar-refractivity contribution in [3.05, 3.63) is 43.0 Å². The summed E-state index contributed by atoms with van der Waals surface area (Å²) >= 11 is 1.58. The molecule has 0 spiro atoms. The van der Waals surface area contributed by atoms with Crippen LogP contribution >= 0.6 is 11.8 Å². The quantitative estimate of drug-likeness (QED) is 0.295. The summed E-state index contributed by atoms with van der Waals surface area (Å²) in [4.78, 5) is 23.6. The Morgan fingerprint density at radius 3 is 2.56 bits per heavy atom. The molecule has 7 heteroatoms. The van der Waals surface area contributed by atoms with E-state index >= 15 is 0 Å². The Labute approximate surface area is 153 Å². The van der Waals surface area contributed by atoms with Crippen molar-refractivity contribution in [2.75, 3.05) is 32.6 Å². The number of esters is 1. The van der Waals surface area contributed by atoms with Gasteiger partial charge in [0.1, 0.15) is 12.7 Å². The molecule has 1 unspecified atom stereocenters. The van der Waals surface area contributed by atoms with E-state index in [9.17, 15) is 9.59 Å². The third-order valence-electron chi connectivity index (χ3n) is 2.59. The van der Waals surface area contributed by atoms with Crippen molar-refractivity contribution < 1.29 is 23.8 Å². The number of alkyl carbamates (subject to hydrolysis) is 1. The molecule has 1 amide bonds. The average molecular weight is 369 g/mol. The van der Waals surface area contributed by atoms with E-state index in [1.165, 1.54) is 0 Å². The lowest BCUT2D eigenvalue weighted by Gasteiger charge is -2.17.